The van der Waals surface area contributed by atoms with Crippen LogP contribution in [0.2, 0.25) is 5.02 Å². The minimum atomic E-state index is -0.475. The van der Waals surface area contributed by atoms with Crippen LogP contribution in [-0.4, -0.2) is 21.1 Å². The lowest BCUT2D eigenvalue weighted by molar-refractivity contribution is 0.757. The van der Waals surface area contributed by atoms with Crippen molar-refractivity contribution in [3.05, 3.63) is 39.8 Å². The first kappa shape index (κ1) is 14.1. The van der Waals surface area contributed by atoms with E-state index in [0.29, 0.717) is 16.4 Å². The van der Waals surface area contributed by atoms with Crippen molar-refractivity contribution in [3.63, 3.8) is 0 Å². The van der Waals surface area contributed by atoms with Gasteiger partial charge < -0.3 is 0 Å². The Labute approximate surface area is 120 Å². The fraction of sp³-hybridized carbons (Fsp3) is 0.154. The number of hydrazine groups is 1. The van der Waals surface area contributed by atoms with Crippen LogP contribution < -0.4 is 16.5 Å². The SMILES string of the molecule is C#CCN(N)c1nc(-c2cccc(Cl)c2)n(C)c(=O)n1. The van der Waals surface area contributed by atoms with E-state index in [1.54, 1.807) is 31.3 Å². The van der Waals surface area contributed by atoms with Gasteiger partial charge in [-0.05, 0) is 12.1 Å². The molecule has 1 aromatic carbocycles. The van der Waals surface area contributed by atoms with Gasteiger partial charge in [-0.15, -0.1) is 6.42 Å². The number of nitrogens with two attached hydrogens (primary N) is 1. The average Bonchev–Trinajstić information content (AvgIpc) is 2.42. The summed E-state index contributed by atoms with van der Waals surface area (Å²) in [6, 6.07) is 7.00. The van der Waals surface area contributed by atoms with Gasteiger partial charge in [-0.2, -0.15) is 9.97 Å². The predicted molar refractivity (Wildman–Crippen MR) is 78.1 cm³/mol. The first-order chi connectivity index (χ1) is 9.52. The minimum Gasteiger partial charge on any atom is -0.279 e. The Bertz CT molecular complexity index is 734. The average molecular weight is 290 g/mol. The fourth-order valence-corrected chi connectivity index (χ4v) is 1.82. The summed E-state index contributed by atoms with van der Waals surface area (Å²) in [5, 5.41) is 1.68. The van der Waals surface area contributed by atoms with Gasteiger partial charge in [-0.25, -0.2) is 10.6 Å². The molecule has 0 atom stereocenters. The van der Waals surface area contributed by atoms with E-state index in [1.807, 2.05) is 0 Å². The number of nitrogens with zero attached hydrogens (tertiary/aromatic N) is 4. The molecule has 7 heteroatoms. The lowest BCUT2D eigenvalue weighted by Gasteiger charge is -2.15. The van der Waals surface area contributed by atoms with E-state index >= 15 is 0 Å². The van der Waals surface area contributed by atoms with Crippen LogP contribution in [0.15, 0.2) is 29.1 Å². The van der Waals surface area contributed by atoms with Crippen molar-refractivity contribution in [2.45, 2.75) is 0 Å². The smallest absolute Gasteiger partial charge is 0.279 e. The number of benzene rings is 1. The molecular weight excluding hydrogens is 278 g/mol. The Hall–Kier alpha value is -2.36. The van der Waals surface area contributed by atoms with E-state index in [2.05, 4.69) is 15.9 Å². The molecule has 2 N–H and O–H groups in total. The molecule has 1 aromatic heterocycles. The van der Waals surface area contributed by atoms with Crippen molar-refractivity contribution in [3.8, 4) is 23.7 Å². The molecule has 102 valence electrons. The maximum Gasteiger partial charge on any atom is 0.352 e. The summed E-state index contributed by atoms with van der Waals surface area (Å²) in [6.07, 6.45) is 5.18. The van der Waals surface area contributed by atoms with Gasteiger partial charge in [0.05, 0.1) is 6.54 Å². The van der Waals surface area contributed by atoms with E-state index in [-0.39, 0.29) is 12.5 Å². The molecule has 0 aliphatic heterocycles. The highest BCUT2D eigenvalue weighted by atomic mass is 35.5. The van der Waals surface area contributed by atoms with Gasteiger partial charge in [0.1, 0.15) is 5.82 Å². The molecule has 0 saturated carbocycles. The number of anilines is 1. The molecule has 0 saturated heterocycles. The third-order valence-electron chi connectivity index (χ3n) is 2.61. The maximum atomic E-state index is 11.9. The summed E-state index contributed by atoms with van der Waals surface area (Å²) >= 11 is 5.95. The molecule has 0 aliphatic carbocycles. The van der Waals surface area contributed by atoms with Crippen molar-refractivity contribution in [1.29, 1.82) is 0 Å². The summed E-state index contributed by atoms with van der Waals surface area (Å²) in [4.78, 5) is 19.9. The van der Waals surface area contributed by atoms with Gasteiger partial charge >= 0.3 is 5.69 Å². The van der Waals surface area contributed by atoms with Crippen molar-refractivity contribution < 1.29 is 0 Å². The second kappa shape index (κ2) is 5.74. The number of rotatable bonds is 3. The van der Waals surface area contributed by atoms with Crippen molar-refractivity contribution in [2.24, 2.45) is 12.9 Å². The molecular formula is C13H12ClN5O. The van der Waals surface area contributed by atoms with Crippen molar-refractivity contribution in [1.82, 2.24) is 14.5 Å². The second-order valence-electron chi connectivity index (χ2n) is 4.03. The van der Waals surface area contributed by atoms with Crippen LogP contribution in [-0.2, 0) is 7.05 Å². The highest BCUT2D eigenvalue weighted by Crippen LogP contribution is 2.20. The summed E-state index contributed by atoms with van der Waals surface area (Å²) < 4.78 is 1.32. The molecule has 1 heterocycles. The highest BCUT2D eigenvalue weighted by Gasteiger charge is 2.12. The maximum absolute atomic E-state index is 11.9. The Balaban J connectivity index is 2.59. The Morgan fingerprint density at radius 3 is 2.90 bits per heavy atom. The van der Waals surface area contributed by atoms with Gasteiger partial charge in [-0.1, -0.05) is 29.7 Å². The van der Waals surface area contributed by atoms with E-state index < -0.39 is 5.69 Å². The molecule has 20 heavy (non-hydrogen) atoms. The molecule has 2 aromatic rings. The van der Waals surface area contributed by atoms with Crippen LogP contribution in [0.25, 0.3) is 11.4 Å². The monoisotopic (exact) mass is 289 g/mol. The molecule has 0 bridgehead atoms. The van der Waals surface area contributed by atoms with Gasteiger partial charge in [0.25, 0.3) is 0 Å². The Morgan fingerprint density at radius 2 is 2.25 bits per heavy atom. The molecule has 2 rings (SSSR count). The van der Waals surface area contributed by atoms with Crippen molar-refractivity contribution in [2.75, 3.05) is 11.6 Å². The van der Waals surface area contributed by atoms with Crippen LogP contribution in [0.4, 0.5) is 5.95 Å². The molecule has 0 radical (unpaired) electrons. The van der Waals surface area contributed by atoms with Crippen LogP contribution in [0.3, 0.4) is 0 Å². The second-order valence-corrected chi connectivity index (χ2v) is 4.47. The third kappa shape index (κ3) is 2.79. The summed E-state index contributed by atoms with van der Waals surface area (Å²) in [7, 11) is 1.57. The standard InChI is InChI=1S/C13H12ClN5O/c1-3-7-19(15)12-16-11(18(2)13(20)17-12)9-5-4-6-10(14)8-9/h1,4-6,8H,7,15H2,2H3. The number of hydrogen-bond acceptors (Lipinski definition) is 5. The molecule has 0 unspecified atom stereocenters. The fourth-order valence-electron chi connectivity index (χ4n) is 1.63. The zero-order valence-corrected chi connectivity index (χ0v) is 11.5. The van der Waals surface area contributed by atoms with Crippen LogP contribution in [0.1, 0.15) is 0 Å². The number of hydrogen-bond donors (Lipinski definition) is 1. The normalized spacial score (nSPS) is 10.1. The molecule has 0 fully saturated rings. The van der Waals surface area contributed by atoms with Gasteiger partial charge in [-0.3, -0.25) is 9.58 Å². The molecule has 0 aliphatic rings. The quantitative estimate of drug-likeness (QED) is 0.514. The lowest BCUT2D eigenvalue weighted by Crippen LogP contribution is -2.36. The van der Waals surface area contributed by atoms with Gasteiger partial charge in [0.2, 0.25) is 5.95 Å². The summed E-state index contributed by atoms with van der Waals surface area (Å²) in [6.45, 7) is 0.0994. The van der Waals surface area contributed by atoms with E-state index in [1.165, 1.54) is 4.57 Å². The van der Waals surface area contributed by atoms with Crippen LogP contribution >= 0.6 is 11.6 Å². The zero-order valence-electron chi connectivity index (χ0n) is 10.7. The third-order valence-corrected chi connectivity index (χ3v) is 2.84. The van der Waals surface area contributed by atoms with Crippen molar-refractivity contribution >= 4 is 17.5 Å². The lowest BCUT2D eigenvalue weighted by atomic mass is 10.2. The first-order valence-electron chi connectivity index (χ1n) is 5.69. The largest absolute Gasteiger partial charge is 0.352 e. The van der Waals surface area contributed by atoms with Gasteiger partial charge in [0, 0.05) is 17.6 Å². The first-order valence-corrected chi connectivity index (χ1v) is 6.07. The summed E-state index contributed by atoms with van der Waals surface area (Å²) in [5.41, 5.74) is 0.215. The minimum absolute atomic E-state index is 0.0704. The number of terminal acetylenes is 1. The van der Waals surface area contributed by atoms with Gasteiger partial charge in [0.15, 0.2) is 0 Å². The number of aromatic nitrogens is 3. The van der Waals surface area contributed by atoms with Crippen LogP contribution in [0, 0.1) is 12.3 Å². The molecule has 0 amide bonds. The highest BCUT2D eigenvalue weighted by molar-refractivity contribution is 6.30. The van der Waals surface area contributed by atoms with E-state index in [9.17, 15) is 4.79 Å². The zero-order chi connectivity index (χ0) is 14.7. The molecule has 6 nitrogen and oxygen atoms in total. The van der Waals surface area contributed by atoms with E-state index in [4.69, 9.17) is 23.9 Å². The number of halogens is 1. The topological polar surface area (TPSA) is 77.0 Å². The summed E-state index contributed by atoms with van der Waals surface area (Å²) in [5.74, 6) is 8.53. The van der Waals surface area contributed by atoms with E-state index in [0.717, 1.165) is 5.01 Å². The predicted octanol–water partition coefficient (Wildman–Crippen LogP) is 0.809. The Kier molecular flexibility index (Phi) is 4.03. The van der Waals surface area contributed by atoms with Crippen LogP contribution in [0.5, 0.6) is 0 Å². The Morgan fingerprint density at radius 1 is 1.50 bits per heavy atom. The molecule has 0 spiro atoms.